The SMILES string of the molecule is CCCc1ccc(-c2cc(=O)[nH]c(C(C)C)n2)cc1. The van der Waals surface area contributed by atoms with Gasteiger partial charge in [0.25, 0.3) is 5.56 Å². The van der Waals surface area contributed by atoms with Crippen molar-refractivity contribution in [3.05, 3.63) is 52.1 Å². The number of rotatable bonds is 4. The van der Waals surface area contributed by atoms with Crippen LogP contribution in [-0.2, 0) is 6.42 Å². The van der Waals surface area contributed by atoms with Crippen molar-refractivity contribution in [3.8, 4) is 11.3 Å². The Bertz CT molecular complexity index is 597. The second-order valence-corrected chi connectivity index (χ2v) is 5.12. The summed E-state index contributed by atoms with van der Waals surface area (Å²) in [5, 5.41) is 0. The molecule has 1 heterocycles. The molecule has 2 aromatic rings. The fraction of sp³-hybridized carbons (Fsp3) is 0.375. The first-order valence-corrected chi connectivity index (χ1v) is 6.80. The van der Waals surface area contributed by atoms with Gasteiger partial charge in [-0.25, -0.2) is 4.98 Å². The monoisotopic (exact) mass is 256 g/mol. The number of aromatic nitrogens is 2. The Kier molecular flexibility index (Phi) is 4.15. The maximum absolute atomic E-state index is 11.7. The van der Waals surface area contributed by atoms with Crippen LogP contribution in [0.4, 0.5) is 0 Å². The standard InChI is InChI=1S/C16H20N2O/c1-4-5-12-6-8-13(9-7-12)14-10-15(19)18-16(17-14)11(2)3/h6-11H,4-5H2,1-3H3,(H,17,18,19). The van der Waals surface area contributed by atoms with Crippen LogP contribution in [0, 0.1) is 0 Å². The third-order valence-corrected chi connectivity index (χ3v) is 3.10. The first-order chi connectivity index (χ1) is 9.10. The second kappa shape index (κ2) is 5.83. The van der Waals surface area contributed by atoms with E-state index in [0.717, 1.165) is 29.9 Å². The van der Waals surface area contributed by atoms with Crippen molar-refractivity contribution >= 4 is 0 Å². The highest BCUT2D eigenvalue weighted by Crippen LogP contribution is 2.18. The molecule has 19 heavy (non-hydrogen) atoms. The summed E-state index contributed by atoms with van der Waals surface area (Å²) in [6, 6.07) is 9.85. The number of benzene rings is 1. The van der Waals surface area contributed by atoms with E-state index in [1.54, 1.807) is 6.07 Å². The van der Waals surface area contributed by atoms with Gasteiger partial charge in [-0.15, -0.1) is 0 Å². The average molecular weight is 256 g/mol. The van der Waals surface area contributed by atoms with Gasteiger partial charge < -0.3 is 4.98 Å². The molecule has 3 heteroatoms. The van der Waals surface area contributed by atoms with Gasteiger partial charge in [0.05, 0.1) is 5.69 Å². The van der Waals surface area contributed by atoms with Crippen molar-refractivity contribution in [2.24, 2.45) is 0 Å². The lowest BCUT2D eigenvalue weighted by Gasteiger charge is -2.07. The lowest BCUT2D eigenvalue weighted by Crippen LogP contribution is -2.12. The zero-order valence-corrected chi connectivity index (χ0v) is 11.7. The Morgan fingerprint density at radius 1 is 1.21 bits per heavy atom. The van der Waals surface area contributed by atoms with Crippen LogP contribution in [0.2, 0.25) is 0 Å². The zero-order valence-electron chi connectivity index (χ0n) is 11.7. The van der Waals surface area contributed by atoms with Crippen LogP contribution < -0.4 is 5.56 Å². The third kappa shape index (κ3) is 3.31. The Balaban J connectivity index is 2.38. The zero-order chi connectivity index (χ0) is 13.8. The number of nitrogens with one attached hydrogen (secondary N) is 1. The highest BCUT2D eigenvalue weighted by atomic mass is 16.1. The molecular weight excluding hydrogens is 236 g/mol. The summed E-state index contributed by atoms with van der Waals surface area (Å²) < 4.78 is 0. The summed E-state index contributed by atoms with van der Waals surface area (Å²) in [6.07, 6.45) is 2.22. The van der Waals surface area contributed by atoms with E-state index in [0.29, 0.717) is 0 Å². The minimum absolute atomic E-state index is 0.0914. The number of aryl methyl sites for hydroxylation is 1. The van der Waals surface area contributed by atoms with Crippen molar-refractivity contribution in [2.45, 2.75) is 39.5 Å². The molecule has 100 valence electrons. The molecule has 0 bridgehead atoms. The van der Waals surface area contributed by atoms with Gasteiger partial charge in [-0.1, -0.05) is 51.5 Å². The second-order valence-electron chi connectivity index (χ2n) is 5.12. The van der Waals surface area contributed by atoms with Gasteiger partial charge in [-0.05, 0) is 12.0 Å². The van der Waals surface area contributed by atoms with E-state index < -0.39 is 0 Å². The summed E-state index contributed by atoms with van der Waals surface area (Å²) in [7, 11) is 0. The molecule has 0 fully saturated rings. The quantitative estimate of drug-likeness (QED) is 0.909. The topological polar surface area (TPSA) is 45.8 Å². The number of nitrogens with zero attached hydrogens (tertiary/aromatic N) is 1. The summed E-state index contributed by atoms with van der Waals surface area (Å²) in [5.74, 6) is 0.951. The summed E-state index contributed by atoms with van der Waals surface area (Å²) >= 11 is 0. The van der Waals surface area contributed by atoms with Crippen molar-refractivity contribution in [3.63, 3.8) is 0 Å². The highest BCUT2D eigenvalue weighted by molar-refractivity contribution is 5.59. The number of hydrogen-bond acceptors (Lipinski definition) is 2. The molecule has 0 saturated heterocycles. The van der Waals surface area contributed by atoms with E-state index in [-0.39, 0.29) is 11.5 Å². The van der Waals surface area contributed by atoms with Gasteiger partial charge in [0.2, 0.25) is 0 Å². The molecular formula is C16H20N2O. The molecule has 0 aliphatic carbocycles. The van der Waals surface area contributed by atoms with E-state index in [2.05, 4.69) is 29.0 Å². The van der Waals surface area contributed by atoms with E-state index >= 15 is 0 Å². The van der Waals surface area contributed by atoms with Gasteiger partial charge in [0.15, 0.2) is 0 Å². The molecule has 0 saturated carbocycles. The van der Waals surface area contributed by atoms with Gasteiger partial charge in [0, 0.05) is 17.5 Å². The van der Waals surface area contributed by atoms with E-state index in [9.17, 15) is 4.79 Å². The molecule has 0 aliphatic heterocycles. The summed E-state index contributed by atoms with van der Waals surface area (Å²) in [6.45, 7) is 6.21. The molecule has 1 aromatic heterocycles. The fourth-order valence-corrected chi connectivity index (χ4v) is 2.03. The third-order valence-electron chi connectivity index (χ3n) is 3.10. The Morgan fingerprint density at radius 2 is 1.89 bits per heavy atom. The van der Waals surface area contributed by atoms with Crippen LogP contribution in [0.25, 0.3) is 11.3 Å². The van der Waals surface area contributed by atoms with Gasteiger partial charge >= 0.3 is 0 Å². The lowest BCUT2D eigenvalue weighted by molar-refractivity contribution is 0.768. The molecule has 3 nitrogen and oxygen atoms in total. The average Bonchev–Trinajstić information content (AvgIpc) is 2.39. The Hall–Kier alpha value is -1.90. The molecule has 0 unspecified atom stereocenters. The van der Waals surface area contributed by atoms with Crippen LogP contribution in [0.5, 0.6) is 0 Å². The number of aromatic amines is 1. The first kappa shape index (κ1) is 13.5. The van der Waals surface area contributed by atoms with E-state index in [4.69, 9.17) is 0 Å². The van der Waals surface area contributed by atoms with Gasteiger partial charge in [-0.3, -0.25) is 4.79 Å². The summed E-state index contributed by atoms with van der Waals surface area (Å²) in [4.78, 5) is 19.0. The molecule has 0 amide bonds. The molecule has 0 spiro atoms. The largest absolute Gasteiger partial charge is 0.310 e. The predicted octanol–water partition coefficient (Wildman–Crippen LogP) is 3.51. The molecule has 2 rings (SSSR count). The molecule has 1 aromatic carbocycles. The van der Waals surface area contributed by atoms with E-state index in [1.165, 1.54) is 5.56 Å². The minimum Gasteiger partial charge on any atom is -0.310 e. The predicted molar refractivity (Wildman–Crippen MR) is 78.4 cm³/mol. The van der Waals surface area contributed by atoms with Gasteiger partial charge in [-0.2, -0.15) is 0 Å². The number of hydrogen-bond donors (Lipinski definition) is 1. The van der Waals surface area contributed by atoms with Crippen LogP contribution in [0.15, 0.2) is 35.1 Å². The van der Waals surface area contributed by atoms with Crippen LogP contribution >= 0.6 is 0 Å². The van der Waals surface area contributed by atoms with Crippen molar-refractivity contribution in [1.82, 2.24) is 9.97 Å². The maximum atomic E-state index is 11.7. The fourth-order valence-electron chi connectivity index (χ4n) is 2.03. The minimum atomic E-state index is -0.0914. The van der Waals surface area contributed by atoms with Crippen molar-refractivity contribution in [2.75, 3.05) is 0 Å². The smallest absolute Gasteiger partial charge is 0.251 e. The van der Waals surface area contributed by atoms with Crippen molar-refractivity contribution < 1.29 is 0 Å². The molecule has 0 radical (unpaired) electrons. The summed E-state index contributed by atoms with van der Waals surface area (Å²) in [5.41, 5.74) is 2.97. The molecule has 1 N–H and O–H groups in total. The van der Waals surface area contributed by atoms with Gasteiger partial charge in [0.1, 0.15) is 5.82 Å². The molecule has 0 aliphatic rings. The Labute approximate surface area is 113 Å². The Morgan fingerprint density at radius 3 is 2.47 bits per heavy atom. The van der Waals surface area contributed by atoms with Crippen molar-refractivity contribution in [1.29, 1.82) is 0 Å². The van der Waals surface area contributed by atoms with Crippen LogP contribution in [-0.4, -0.2) is 9.97 Å². The van der Waals surface area contributed by atoms with Crippen LogP contribution in [0.3, 0.4) is 0 Å². The van der Waals surface area contributed by atoms with Crippen LogP contribution in [0.1, 0.15) is 44.5 Å². The molecule has 0 atom stereocenters. The first-order valence-electron chi connectivity index (χ1n) is 6.80. The number of H-pyrrole nitrogens is 1. The lowest BCUT2D eigenvalue weighted by atomic mass is 10.1. The van der Waals surface area contributed by atoms with E-state index in [1.807, 2.05) is 26.0 Å². The highest BCUT2D eigenvalue weighted by Gasteiger charge is 2.07. The maximum Gasteiger partial charge on any atom is 0.251 e. The normalized spacial score (nSPS) is 10.9.